The van der Waals surface area contributed by atoms with E-state index in [-0.39, 0.29) is 5.82 Å². The van der Waals surface area contributed by atoms with Crippen LogP contribution in [-0.2, 0) is 0 Å². The van der Waals surface area contributed by atoms with Gasteiger partial charge in [-0.25, -0.2) is 4.39 Å². The Morgan fingerprint density at radius 2 is 2.31 bits per heavy atom. The van der Waals surface area contributed by atoms with Crippen LogP contribution in [0.4, 0.5) is 4.39 Å². The van der Waals surface area contributed by atoms with Crippen LogP contribution in [0, 0.1) is 5.82 Å². The summed E-state index contributed by atoms with van der Waals surface area (Å²) in [4.78, 5) is 0.973. The highest BCUT2D eigenvalue weighted by molar-refractivity contribution is 7.99. The molecule has 1 aromatic carbocycles. The molecule has 0 amide bonds. The third kappa shape index (κ3) is 3.79. The normalized spacial score (nSPS) is 12.8. The van der Waals surface area contributed by atoms with Gasteiger partial charge in [-0.05, 0) is 31.2 Å². The minimum atomic E-state index is -0.176. The molecule has 0 aliphatic heterocycles. The van der Waals surface area contributed by atoms with Crippen LogP contribution in [-0.4, -0.2) is 11.8 Å². The third-order valence-corrected chi connectivity index (χ3v) is 2.87. The van der Waals surface area contributed by atoms with Crippen molar-refractivity contribution < 1.29 is 4.39 Å². The van der Waals surface area contributed by atoms with Crippen LogP contribution in [0.25, 0.3) is 0 Å². The summed E-state index contributed by atoms with van der Waals surface area (Å²) in [5.74, 6) is -0.176. The Labute approximate surface area is 82.5 Å². The fourth-order valence-electron chi connectivity index (χ4n) is 1.07. The van der Waals surface area contributed by atoms with E-state index < -0.39 is 0 Å². The van der Waals surface area contributed by atoms with Crippen LogP contribution >= 0.6 is 11.8 Å². The summed E-state index contributed by atoms with van der Waals surface area (Å²) in [7, 11) is 0. The van der Waals surface area contributed by atoms with Gasteiger partial charge in [0.05, 0.1) is 0 Å². The zero-order valence-corrected chi connectivity index (χ0v) is 8.48. The zero-order valence-electron chi connectivity index (χ0n) is 7.66. The van der Waals surface area contributed by atoms with Crippen molar-refractivity contribution in [3.8, 4) is 0 Å². The molecule has 1 rings (SSSR count). The first kappa shape index (κ1) is 10.5. The van der Waals surface area contributed by atoms with E-state index in [1.165, 1.54) is 6.07 Å². The lowest BCUT2D eigenvalue weighted by Crippen LogP contribution is -2.06. The molecule has 0 spiro atoms. The van der Waals surface area contributed by atoms with Crippen molar-refractivity contribution in [1.82, 2.24) is 0 Å². The molecule has 0 aliphatic rings. The first-order valence-corrected chi connectivity index (χ1v) is 5.22. The van der Waals surface area contributed by atoms with Crippen molar-refractivity contribution in [2.45, 2.75) is 23.5 Å². The minimum Gasteiger partial charge on any atom is -0.330 e. The smallest absolute Gasteiger partial charge is 0.124 e. The topological polar surface area (TPSA) is 26.0 Å². The van der Waals surface area contributed by atoms with Crippen molar-refractivity contribution in [3.63, 3.8) is 0 Å². The summed E-state index contributed by atoms with van der Waals surface area (Å²) in [6.07, 6.45) is 0.960. The number of hydrogen-bond acceptors (Lipinski definition) is 2. The van der Waals surface area contributed by atoms with Gasteiger partial charge in [-0.15, -0.1) is 11.8 Å². The quantitative estimate of drug-likeness (QED) is 0.754. The van der Waals surface area contributed by atoms with Crippen LogP contribution in [0.15, 0.2) is 29.2 Å². The molecule has 13 heavy (non-hydrogen) atoms. The molecular formula is C10H14FNS. The first-order chi connectivity index (χ1) is 6.22. The molecule has 0 saturated heterocycles. The molecule has 0 aromatic heterocycles. The van der Waals surface area contributed by atoms with Gasteiger partial charge in [-0.2, -0.15) is 0 Å². The second-order valence-electron chi connectivity index (χ2n) is 2.96. The maximum Gasteiger partial charge on any atom is 0.124 e. The van der Waals surface area contributed by atoms with Gasteiger partial charge in [0.1, 0.15) is 5.82 Å². The Kier molecular flexibility index (Phi) is 4.25. The van der Waals surface area contributed by atoms with Crippen molar-refractivity contribution in [2.75, 3.05) is 6.54 Å². The molecule has 0 saturated carbocycles. The highest BCUT2D eigenvalue weighted by atomic mass is 32.2. The third-order valence-electron chi connectivity index (χ3n) is 1.71. The van der Waals surface area contributed by atoms with Crippen LogP contribution in [0.2, 0.25) is 0 Å². The van der Waals surface area contributed by atoms with Crippen molar-refractivity contribution in [2.24, 2.45) is 5.73 Å². The van der Waals surface area contributed by atoms with Gasteiger partial charge in [0.15, 0.2) is 0 Å². The van der Waals surface area contributed by atoms with Gasteiger partial charge in [0.2, 0.25) is 0 Å². The number of rotatable bonds is 4. The average molecular weight is 199 g/mol. The van der Waals surface area contributed by atoms with Gasteiger partial charge < -0.3 is 5.73 Å². The molecule has 0 fully saturated rings. The van der Waals surface area contributed by atoms with Crippen molar-refractivity contribution in [1.29, 1.82) is 0 Å². The molecule has 3 heteroatoms. The van der Waals surface area contributed by atoms with Crippen LogP contribution in [0.3, 0.4) is 0 Å². The van der Waals surface area contributed by atoms with E-state index in [0.717, 1.165) is 11.3 Å². The van der Waals surface area contributed by atoms with Crippen molar-refractivity contribution >= 4 is 11.8 Å². The molecule has 72 valence electrons. The Bertz CT molecular complexity index is 265. The largest absolute Gasteiger partial charge is 0.330 e. The summed E-state index contributed by atoms with van der Waals surface area (Å²) in [5.41, 5.74) is 5.43. The monoisotopic (exact) mass is 199 g/mol. The van der Waals surface area contributed by atoms with Gasteiger partial charge in [-0.1, -0.05) is 13.0 Å². The van der Waals surface area contributed by atoms with Gasteiger partial charge in [0.25, 0.3) is 0 Å². The summed E-state index contributed by atoms with van der Waals surface area (Å²) < 4.78 is 12.8. The summed E-state index contributed by atoms with van der Waals surface area (Å²) in [5, 5.41) is 0.451. The maximum atomic E-state index is 12.8. The lowest BCUT2D eigenvalue weighted by Gasteiger charge is -2.08. The van der Waals surface area contributed by atoms with Gasteiger partial charge in [0, 0.05) is 10.1 Å². The number of halogens is 1. The molecule has 2 N–H and O–H groups in total. The summed E-state index contributed by atoms with van der Waals surface area (Å²) in [6, 6.07) is 6.66. The van der Waals surface area contributed by atoms with E-state index in [0.29, 0.717) is 11.8 Å². The lowest BCUT2D eigenvalue weighted by atomic mass is 10.3. The Morgan fingerprint density at radius 3 is 2.92 bits per heavy atom. The molecule has 0 bridgehead atoms. The molecule has 0 aliphatic carbocycles. The fourth-order valence-corrected chi connectivity index (χ4v) is 2.12. The molecule has 1 aromatic rings. The Morgan fingerprint density at radius 1 is 1.54 bits per heavy atom. The Balaban J connectivity index is 2.53. The second-order valence-corrected chi connectivity index (χ2v) is 4.48. The summed E-state index contributed by atoms with van der Waals surface area (Å²) >= 11 is 1.66. The second kappa shape index (κ2) is 5.25. The predicted molar refractivity (Wildman–Crippen MR) is 55.4 cm³/mol. The SMILES string of the molecule is CC(CCN)Sc1cccc(F)c1. The lowest BCUT2D eigenvalue weighted by molar-refractivity contribution is 0.624. The van der Waals surface area contributed by atoms with Crippen LogP contribution in [0.5, 0.6) is 0 Å². The van der Waals surface area contributed by atoms with E-state index in [2.05, 4.69) is 6.92 Å². The average Bonchev–Trinajstić information content (AvgIpc) is 2.04. The van der Waals surface area contributed by atoms with E-state index >= 15 is 0 Å². The van der Waals surface area contributed by atoms with Crippen LogP contribution in [0.1, 0.15) is 13.3 Å². The Hall–Kier alpha value is -0.540. The van der Waals surface area contributed by atoms with Gasteiger partial charge >= 0.3 is 0 Å². The van der Waals surface area contributed by atoms with Crippen molar-refractivity contribution in [3.05, 3.63) is 30.1 Å². The van der Waals surface area contributed by atoms with Gasteiger partial charge in [-0.3, -0.25) is 0 Å². The van der Waals surface area contributed by atoms with E-state index in [1.807, 2.05) is 6.07 Å². The highest BCUT2D eigenvalue weighted by Crippen LogP contribution is 2.24. The van der Waals surface area contributed by atoms with E-state index in [9.17, 15) is 4.39 Å². The number of hydrogen-bond donors (Lipinski definition) is 1. The van der Waals surface area contributed by atoms with Crippen LogP contribution < -0.4 is 5.73 Å². The van der Waals surface area contributed by atoms with E-state index in [1.54, 1.807) is 23.9 Å². The number of thioether (sulfide) groups is 1. The molecule has 1 nitrogen and oxygen atoms in total. The first-order valence-electron chi connectivity index (χ1n) is 4.34. The molecular weight excluding hydrogens is 185 g/mol. The standard InChI is InChI=1S/C10H14FNS/c1-8(5-6-12)13-10-4-2-3-9(11)7-10/h2-4,7-8H,5-6,12H2,1H3. The number of nitrogens with two attached hydrogens (primary N) is 1. The zero-order chi connectivity index (χ0) is 9.68. The minimum absolute atomic E-state index is 0.176. The maximum absolute atomic E-state index is 12.8. The molecule has 1 unspecified atom stereocenters. The predicted octanol–water partition coefficient (Wildman–Crippen LogP) is 2.66. The van der Waals surface area contributed by atoms with E-state index in [4.69, 9.17) is 5.73 Å². The fraction of sp³-hybridized carbons (Fsp3) is 0.400. The molecule has 0 heterocycles. The molecule has 1 atom stereocenters. The summed E-state index contributed by atoms with van der Waals surface area (Å²) in [6.45, 7) is 2.78. The highest BCUT2D eigenvalue weighted by Gasteiger charge is 2.03. The number of benzene rings is 1. The molecule has 0 radical (unpaired) electrons.